The second kappa shape index (κ2) is 10.6. The molecule has 0 aromatic heterocycles. The van der Waals surface area contributed by atoms with Gasteiger partial charge in [-0.1, -0.05) is 12.7 Å². The van der Waals surface area contributed by atoms with E-state index >= 15 is 0 Å². The van der Waals surface area contributed by atoms with Gasteiger partial charge < -0.3 is 14.8 Å². The highest BCUT2D eigenvalue weighted by Crippen LogP contribution is 2.42. The fourth-order valence-electron chi connectivity index (χ4n) is 1.91. The number of halogens is 7. The van der Waals surface area contributed by atoms with Gasteiger partial charge in [-0.2, -0.15) is 39.2 Å². The molecule has 0 bridgehead atoms. The third-order valence-corrected chi connectivity index (χ3v) is 4.55. The lowest BCUT2D eigenvalue weighted by molar-refractivity contribution is -0.347. The van der Waals surface area contributed by atoms with Crippen LogP contribution in [0, 0.1) is 0 Å². The number of esters is 1. The average molecular weight is 503 g/mol. The third-order valence-electron chi connectivity index (χ3n) is 3.60. The van der Waals surface area contributed by atoms with Crippen molar-refractivity contribution in [2.24, 2.45) is 0 Å². The molecule has 2 N–H and O–H groups in total. The standard InChI is InChI=1S/C16H20F7NO7S/c1-4-8-24-12(26)14(15(19,20)21,31-11(25)10(2)3)30-9-6-5-7-13(17,18)16(22,23)32(27,28)29/h4H,1-2,5-9H2,3H3,(H,24,26)(H,27,28,29). The highest BCUT2D eigenvalue weighted by atomic mass is 32.2. The topological polar surface area (TPSA) is 119 Å². The molecule has 0 saturated heterocycles. The van der Waals surface area contributed by atoms with E-state index in [0.717, 1.165) is 13.0 Å². The molecular weight excluding hydrogens is 483 g/mol. The van der Waals surface area contributed by atoms with Crippen LogP contribution in [0.1, 0.15) is 26.2 Å². The van der Waals surface area contributed by atoms with Crippen molar-refractivity contribution in [3.8, 4) is 0 Å². The number of nitrogens with one attached hydrogen (secondary N) is 1. The number of hydrogen-bond donors (Lipinski definition) is 2. The van der Waals surface area contributed by atoms with Gasteiger partial charge in [0.2, 0.25) is 0 Å². The molecule has 186 valence electrons. The lowest BCUT2D eigenvalue weighted by atomic mass is 10.1. The van der Waals surface area contributed by atoms with E-state index in [1.54, 1.807) is 5.32 Å². The largest absolute Gasteiger partial charge is 0.466 e. The van der Waals surface area contributed by atoms with Crippen LogP contribution in [0.25, 0.3) is 0 Å². The predicted octanol–water partition coefficient (Wildman–Crippen LogP) is 2.97. The maximum atomic E-state index is 13.6. The molecule has 0 saturated carbocycles. The second-order valence-corrected chi connectivity index (χ2v) is 7.75. The summed E-state index contributed by atoms with van der Waals surface area (Å²) in [7, 11) is -6.48. The molecule has 0 aliphatic carbocycles. The van der Waals surface area contributed by atoms with Crippen LogP contribution in [-0.4, -0.2) is 61.1 Å². The van der Waals surface area contributed by atoms with E-state index in [4.69, 9.17) is 4.55 Å². The fourth-order valence-corrected chi connectivity index (χ4v) is 2.39. The summed E-state index contributed by atoms with van der Waals surface area (Å²) in [5, 5.41) is -4.15. The zero-order valence-corrected chi connectivity index (χ0v) is 17.3. The molecule has 1 amide bonds. The number of ether oxygens (including phenoxy) is 2. The Morgan fingerprint density at radius 1 is 1.09 bits per heavy atom. The predicted molar refractivity (Wildman–Crippen MR) is 94.1 cm³/mol. The minimum atomic E-state index is -6.48. The second-order valence-electron chi connectivity index (χ2n) is 6.28. The summed E-state index contributed by atoms with van der Waals surface area (Å²) in [5.41, 5.74) is -0.550. The first-order chi connectivity index (χ1) is 14.3. The number of hydrogen-bond acceptors (Lipinski definition) is 6. The van der Waals surface area contributed by atoms with Gasteiger partial charge in [-0.05, 0) is 19.8 Å². The van der Waals surface area contributed by atoms with E-state index in [1.165, 1.54) is 0 Å². The number of carbonyl (C=O) groups excluding carboxylic acids is 2. The third kappa shape index (κ3) is 6.90. The quantitative estimate of drug-likeness (QED) is 0.0755. The van der Waals surface area contributed by atoms with Crippen molar-refractivity contribution in [1.29, 1.82) is 0 Å². The Morgan fingerprint density at radius 2 is 1.62 bits per heavy atom. The lowest BCUT2D eigenvalue weighted by Crippen LogP contribution is -2.61. The molecule has 0 aliphatic rings. The molecule has 0 fully saturated rings. The van der Waals surface area contributed by atoms with Crippen LogP contribution >= 0.6 is 0 Å². The minimum absolute atomic E-state index is 0.512. The van der Waals surface area contributed by atoms with Crippen LogP contribution in [0.3, 0.4) is 0 Å². The molecular formula is C16H20F7NO7S. The summed E-state index contributed by atoms with van der Waals surface area (Å²) in [4.78, 5) is 23.7. The van der Waals surface area contributed by atoms with Gasteiger partial charge in [0.05, 0.1) is 6.61 Å². The maximum absolute atomic E-state index is 13.6. The van der Waals surface area contributed by atoms with Gasteiger partial charge in [-0.3, -0.25) is 9.35 Å². The highest BCUT2D eigenvalue weighted by molar-refractivity contribution is 7.87. The Balaban J connectivity index is 5.51. The molecule has 0 aliphatic heterocycles. The molecule has 1 unspecified atom stereocenters. The van der Waals surface area contributed by atoms with E-state index in [-0.39, 0.29) is 0 Å². The van der Waals surface area contributed by atoms with E-state index < -0.39 is 83.1 Å². The molecule has 1 atom stereocenters. The molecule has 32 heavy (non-hydrogen) atoms. The lowest BCUT2D eigenvalue weighted by Gasteiger charge is -2.33. The average Bonchev–Trinajstić information content (AvgIpc) is 2.62. The Bertz CT molecular complexity index is 827. The van der Waals surface area contributed by atoms with Crippen molar-refractivity contribution in [1.82, 2.24) is 5.32 Å². The maximum Gasteiger partial charge on any atom is 0.466 e. The molecule has 16 heteroatoms. The molecule has 0 aromatic carbocycles. The van der Waals surface area contributed by atoms with Crippen molar-refractivity contribution in [2.45, 2.75) is 49.3 Å². The van der Waals surface area contributed by atoms with Crippen LogP contribution in [0.2, 0.25) is 0 Å². The van der Waals surface area contributed by atoms with Crippen molar-refractivity contribution in [2.75, 3.05) is 13.2 Å². The van der Waals surface area contributed by atoms with Gasteiger partial charge in [0, 0.05) is 18.5 Å². The minimum Gasteiger partial charge on any atom is -0.412 e. The summed E-state index contributed by atoms with van der Waals surface area (Å²) in [5.74, 6) is -13.2. The molecule has 0 radical (unpaired) electrons. The Hall–Kier alpha value is -2.20. The van der Waals surface area contributed by atoms with Crippen molar-refractivity contribution in [3.05, 3.63) is 24.8 Å². The van der Waals surface area contributed by atoms with Gasteiger partial charge in [-0.25, -0.2) is 4.79 Å². The molecule has 0 rings (SSSR count). The van der Waals surface area contributed by atoms with Crippen LogP contribution in [-0.2, 0) is 29.2 Å². The zero-order valence-electron chi connectivity index (χ0n) is 16.5. The Morgan fingerprint density at radius 3 is 2.03 bits per heavy atom. The summed E-state index contributed by atoms with van der Waals surface area (Å²) < 4.78 is 132. The van der Waals surface area contributed by atoms with Gasteiger partial charge >= 0.3 is 45.1 Å². The number of rotatable bonds is 13. The van der Waals surface area contributed by atoms with Gasteiger partial charge in [-0.15, -0.1) is 6.58 Å². The first-order valence-corrected chi connectivity index (χ1v) is 9.92. The summed E-state index contributed by atoms with van der Waals surface area (Å²) in [6.07, 6.45) is -8.44. The Labute approximate surface area is 178 Å². The normalized spacial score (nSPS) is 14.9. The van der Waals surface area contributed by atoms with Crippen LogP contribution in [0.4, 0.5) is 30.7 Å². The van der Waals surface area contributed by atoms with E-state index in [9.17, 15) is 48.7 Å². The van der Waals surface area contributed by atoms with Crippen molar-refractivity contribution < 1.29 is 62.8 Å². The van der Waals surface area contributed by atoms with Crippen molar-refractivity contribution in [3.63, 3.8) is 0 Å². The van der Waals surface area contributed by atoms with Crippen LogP contribution in [0.15, 0.2) is 24.8 Å². The van der Waals surface area contributed by atoms with Gasteiger partial charge in [0.25, 0.3) is 0 Å². The summed E-state index contributed by atoms with van der Waals surface area (Å²) in [6, 6.07) is 0. The highest BCUT2D eigenvalue weighted by Gasteiger charge is 2.67. The van der Waals surface area contributed by atoms with E-state index in [2.05, 4.69) is 22.6 Å². The molecule has 0 spiro atoms. The SMILES string of the molecule is C=CCNC(=O)C(OCCCCC(F)(F)C(F)(F)S(=O)(=O)O)(OC(=O)C(=C)C)C(F)(F)F. The fraction of sp³-hybridized carbons (Fsp3) is 0.625. The monoisotopic (exact) mass is 503 g/mol. The Kier molecular flexibility index (Phi) is 9.88. The molecule has 8 nitrogen and oxygen atoms in total. The first-order valence-electron chi connectivity index (χ1n) is 8.48. The number of carbonyl (C=O) groups is 2. The summed E-state index contributed by atoms with van der Waals surface area (Å²) >= 11 is 0. The van der Waals surface area contributed by atoms with Crippen LogP contribution < -0.4 is 5.32 Å². The number of alkyl halides is 7. The smallest absolute Gasteiger partial charge is 0.412 e. The van der Waals surface area contributed by atoms with E-state index in [1.807, 2.05) is 0 Å². The van der Waals surface area contributed by atoms with Crippen LogP contribution in [0.5, 0.6) is 0 Å². The zero-order chi connectivity index (χ0) is 25.6. The van der Waals surface area contributed by atoms with E-state index in [0.29, 0.717) is 0 Å². The first kappa shape index (κ1) is 29.8. The molecule has 0 heterocycles. The number of unbranched alkanes of at least 4 members (excludes halogenated alkanes) is 1. The summed E-state index contributed by atoms with van der Waals surface area (Å²) in [6.45, 7) is 5.45. The van der Waals surface area contributed by atoms with Gasteiger partial charge in [0.15, 0.2) is 0 Å². The van der Waals surface area contributed by atoms with Gasteiger partial charge in [0.1, 0.15) is 0 Å². The van der Waals surface area contributed by atoms with Crippen molar-refractivity contribution >= 4 is 22.0 Å². The number of amides is 1. The molecule has 0 aromatic rings.